The third kappa shape index (κ3) is 2.75. The van der Waals surface area contributed by atoms with Crippen molar-refractivity contribution in [3.8, 4) is 0 Å². The molecule has 1 saturated heterocycles. The Morgan fingerprint density at radius 3 is 2.45 bits per heavy atom. The average molecular weight is 303 g/mol. The van der Waals surface area contributed by atoms with Gasteiger partial charge in [-0.1, -0.05) is 23.8 Å². The summed E-state index contributed by atoms with van der Waals surface area (Å²) in [5, 5.41) is 9.18. The molecule has 1 heterocycles. The molecule has 0 aromatic heterocycles. The van der Waals surface area contributed by atoms with Crippen LogP contribution in [0, 0.1) is 11.2 Å². The molecule has 0 unspecified atom stereocenters. The average Bonchev–Trinajstić information content (AvgIpc) is 3.29. The summed E-state index contributed by atoms with van der Waals surface area (Å²) >= 11 is 0. The van der Waals surface area contributed by atoms with Crippen LogP contribution in [0.4, 0.5) is 4.39 Å². The van der Waals surface area contributed by atoms with E-state index in [0.717, 1.165) is 11.1 Å². The lowest BCUT2D eigenvalue weighted by molar-refractivity contribution is -0.153. The number of rotatable bonds is 3. The molecule has 1 saturated carbocycles. The highest BCUT2D eigenvalue weighted by atomic mass is 19.1. The predicted molar refractivity (Wildman–Crippen MR) is 79.5 cm³/mol. The largest absolute Gasteiger partial charge is 0.480 e. The standard InChI is InChI=1S/C17H18FNO3/c18-14-3-1-2-13(11-14)10-12-4-8-19(9-5-12)15(20)17(6-7-17)16(21)22/h1-3,10-11H,4-9H2,(H,21,22). The smallest absolute Gasteiger partial charge is 0.319 e. The van der Waals surface area contributed by atoms with Gasteiger partial charge in [-0.3, -0.25) is 9.59 Å². The molecule has 1 aromatic carbocycles. The van der Waals surface area contributed by atoms with Crippen molar-refractivity contribution in [1.29, 1.82) is 0 Å². The first kappa shape index (κ1) is 14.8. The second-order valence-electron chi connectivity index (χ2n) is 6.04. The highest BCUT2D eigenvalue weighted by Gasteiger charge is 2.58. The van der Waals surface area contributed by atoms with Crippen molar-refractivity contribution in [3.63, 3.8) is 0 Å². The van der Waals surface area contributed by atoms with Crippen molar-refractivity contribution in [1.82, 2.24) is 4.90 Å². The van der Waals surface area contributed by atoms with E-state index in [0.29, 0.717) is 38.8 Å². The molecule has 4 nitrogen and oxygen atoms in total. The molecular formula is C17H18FNO3. The van der Waals surface area contributed by atoms with Crippen molar-refractivity contribution in [2.75, 3.05) is 13.1 Å². The molecular weight excluding hydrogens is 285 g/mol. The summed E-state index contributed by atoms with van der Waals surface area (Å²) in [6, 6.07) is 6.40. The molecule has 0 atom stereocenters. The number of piperidine rings is 1. The summed E-state index contributed by atoms with van der Waals surface area (Å²) in [6.45, 7) is 1.07. The number of halogens is 1. The Hall–Kier alpha value is -2.17. The Labute approximate surface area is 128 Å². The van der Waals surface area contributed by atoms with Gasteiger partial charge in [0.25, 0.3) is 0 Å². The Balaban J connectivity index is 1.63. The molecule has 1 N–H and O–H groups in total. The molecule has 0 spiro atoms. The molecule has 1 amide bonds. The molecule has 3 rings (SSSR count). The fraction of sp³-hybridized carbons (Fsp3) is 0.412. The van der Waals surface area contributed by atoms with Crippen LogP contribution in [-0.2, 0) is 9.59 Å². The lowest BCUT2D eigenvalue weighted by Gasteiger charge is -2.30. The minimum absolute atomic E-state index is 0.246. The first-order valence-electron chi connectivity index (χ1n) is 7.49. The third-order valence-corrected chi connectivity index (χ3v) is 4.48. The summed E-state index contributed by atoms with van der Waals surface area (Å²) in [5.41, 5.74) is 0.831. The third-order valence-electron chi connectivity index (χ3n) is 4.48. The number of carboxylic acid groups (broad SMARTS) is 1. The number of carbonyl (C=O) groups excluding carboxylic acids is 1. The molecule has 0 radical (unpaired) electrons. The van der Waals surface area contributed by atoms with Gasteiger partial charge in [-0.05, 0) is 43.4 Å². The lowest BCUT2D eigenvalue weighted by Crippen LogP contribution is -2.43. The molecule has 5 heteroatoms. The Morgan fingerprint density at radius 1 is 1.23 bits per heavy atom. The fourth-order valence-corrected chi connectivity index (χ4v) is 2.92. The molecule has 0 bridgehead atoms. The number of carbonyl (C=O) groups is 2. The number of hydrogen-bond donors (Lipinski definition) is 1. The van der Waals surface area contributed by atoms with Crippen molar-refractivity contribution in [2.24, 2.45) is 5.41 Å². The van der Waals surface area contributed by atoms with Crippen LogP contribution in [0.1, 0.15) is 31.2 Å². The Morgan fingerprint density at radius 2 is 1.91 bits per heavy atom. The van der Waals surface area contributed by atoms with E-state index < -0.39 is 11.4 Å². The van der Waals surface area contributed by atoms with Crippen molar-refractivity contribution in [2.45, 2.75) is 25.7 Å². The van der Waals surface area contributed by atoms with E-state index in [1.165, 1.54) is 12.1 Å². The van der Waals surface area contributed by atoms with Crippen LogP contribution in [0.15, 0.2) is 29.8 Å². The van der Waals surface area contributed by atoms with Crippen LogP contribution in [0.5, 0.6) is 0 Å². The maximum absolute atomic E-state index is 13.2. The second-order valence-corrected chi connectivity index (χ2v) is 6.04. The fourth-order valence-electron chi connectivity index (χ4n) is 2.92. The second kappa shape index (κ2) is 5.55. The van der Waals surface area contributed by atoms with Crippen LogP contribution in [0.3, 0.4) is 0 Å². The van der Waals surface area contributed by atoms with Gasteiger partial charge in [0.05, 0.1) is 0 Å². The molecule has 1 aliphatic carbocycles. The number of aliphatic carboxylic acids is 1. The zero-order valence-electron chi connectivity index (χ0n) is 12.2. The van der Waals surface area contributed by atoms with Crippen LogP contribution >= 0.6 is 0 Å². The quantitative estimate of drug-likeness (QED) is 0.873. The molecule has 22 heavy (non-hydrogen) atoms. The highest BCUT2D eigenvalue weighted by Crippen LogP contribution is 2.47. The van der Waals surface area contributed by atoms with E-state index in [-0.39, 0.29) is 11.7 Å². The van der Waals surface area contributed by atoms with Gasteiger partial charge >= 0.3 is 5.97 Å². The molecule has 2 aliphatic rings. The van der Waals surface area contributed by atoms with E-state index in [9.17, 15) is 19.1 Å². The van der Waals surface area contributed by atoms with Gasteiger partial charge in [-0.2, -0.15) is 0 Å². The van der Waals surface area contributed by atoms with Crippen molar-refractivity contribution >= 4 is 18.0 Å². The van der Waals surface area contributed by atoms with E-state index in [2.05, 4.69) is 0 Å². The van der Waals surface area contributed by atoms with Crippen LogP contribution in [0.2, 0.25) is 0 Å². The van der Waals surface area contributed by atoms with E-state index in [1.807, 2.05) is 12.1 Å². The monoisotopic (exact) mass is 303 g/mol. The Bertz CT molecular complexity index is 639. The number of nitrogens with zero attached hydrogens (tertiary/aromatic N) is 1. The summed E-state index contributed by atoms with van der Waals surface area (Å²) in [7, 11) is 0. The van der Waals surface area contributed by atoms with Gasteiger partial charge in [0.2, 0.25) is 5.91 Å². The minimum atomic E-state index is -1.15. The zero-order valence-corrected chi connectivity index (χ0v) is 12.2. The van der Waals surface area contributed by atoms with Gasteiger partial charge in [-0.25, -0.2) is 4.39 Å². The number of carboxylic acids is 1. The first-order valence-corrected chi connectivity index (χ1v) is 7.49. The zero-order chi connectivity index (χ0) is 15.7. The number of hydrogen-bond acceptors (Lipinski definition) is 2. The topological polar surface area (TPSA) is 57.6 Å². The van der Waals surface area contributed by atoms with Gasteiger partial charge in [0.1, 0.15) is 11.2 Å². The maximum Gasteiger partial charge on any atom is 0.319 e. The van der Waals surface area contributed by atoms with Crippen LogP contribution < -0.4 is 0 Å². The number of likely N-dealkylation sites (tertiary alicyclic amines) is 1. The lowest BCUT2D eigenvalue weighted by atomic mass is 9.98. The van der Waals surface area contributed by atoms with E-state index in [4.69, 9.17) is 0 Å². The minimum Gasteiger partial charge on any atom is -0.480 e. The van der Waals surface area contributed by atoms with Crippen molar-refractivity contribution < 1.29 is 19.1 Å². The molecule has 1 aromatic rings. The van der Waals surface area contributed by atoms with Gasteiger partial charge < -0.3 is 10.0 Å². The predicted octanol–water partition coefficient (Wildman–Crippen LogP) is 2.70. The number of amides is 1. The first-order chi connectivity index (χ1) is 10.5. The van der Waals surface area contributed by atoms with Gasteiger partial charge in [0, 0.05) is 13.1 Å². The van der Waals surface area contributed by atoms with E-state index >= 15 is 0 Å². The molecule has 2 fully saturated rings. The summed E-state index contributed by atoms with van der Waals surface area (Å²) < 4.78 is 13.2. The van der Waals surface area contributed by atoms with Crippen LogP contribution in [0.25, 0.3) is 6.08 Å². The van der Waals surface area contributed by atoms with Gasteiger partial charge in [0.15, 0.2) is 0 Å². The summed E-state index contributed by atoms with van der Waals surface area (Å²) in [5.74, 6) is -1.51. The Kier molecular flexibility index (Phi) is 3.72. The maximum atomic E-state index is 13.2. The SMILES string of the molecule is O=C(O)C1(C(=O)N2CCC(=Cc3cccc(F)c3)CC2)CC1. The number of benzene rings is 1. The van der Waals surface area contributed by atoms with E-state index in [1.54, 1.807) is 11.0 Å². The summed E-state index contributed by atoms with van der Waals surface area (Å²) in [6.07, 6.45) is 4.26. The normalized spacial score (nSPS) is 19.7. The molecule has 116 valence electrons. The highest BCUT2D eigenvalue weighted by molar-refractivity contribution is 6.04. The van der Waals surface area contributed by atoms with Crippen molar-refractivity contribution in [3.05, 3.63) is 41.2 Å². The summed E-state index contributed by atoms with van der Waals surface area (Å²) in [4.78, 5) is 25.2. The molecule has 1 aliphatic heterocycles. The van der Waals surface area contributed by atoms with Gasteiger partial charge in [-0.15, -0.1) is 0 Å². The van der Waals surface area contributed by atoms with Crippen LogP contribution in [-0.4, -0.2) is 35.0 Å².